The maximum Gasteiger partial charge on any atom is 0.306 e. The van der Waals surface area contributed by atoms with Crippen LogP contribution in [-0.2, 0) is 28.6 Å². The third-order valence-corrected chi connectivity index (χ3v) is 15.2. The van der Waals surface area contributed by atoms with Crippen molar-refractivity contribution < 1.29 is 28.6 Å². The van der Waals surface area contributed by atoms with E-state index in [4.69, 9.17) is 14.2 Å². The molecule has 0 saturated heterocycles. The van der Waals surface area contributed by atoms with E-state index in [1.165, 1.54) is 257 Å². The Morgan fingerprint density at radius 1 is 0.270 bits per heavy atom. The van der Waals surface area contributed by atoms with Crippen molar-refractivity contribution in [2.45, 2.75) is 380 Å². The molecule has 0 saturated carbocycles. The summed E-state index contributed by atoms with van der Waals surface area (Å²) in [4.78, 5) is 38.1. The van der Waals surface area contributed by atoms with E-state index >= 15 is 0 Å². The summed E-state index contributed by atoms with van der Waals surface area (Å²) in [5.41, 5.74) is 0. The number of carbonyl (C=O) groups is 3. The van der Waals surface area contributed by atoms with E-state index in [0.717, 1.165) is 77.0 Å². The van der Waals surface area contributed by atoms with Crippen molar-refractivity contribution in [2.75, 3.05) is 13.2 Å². The van der Waals surface area contributed by atoms with Gasteiger partial charge in [-0.2, -0.15) is 0 Å². The van der Waals surface area contributed by atoms with E-state index in [1.54, 1.807) is 0 Å². The Hall–Kier alpha value is -2.11. The van der Waals surface area contributed by atoms with Gasteiger partial charge in [0.2, 0.25) is 0 Å². The highest BCUT2D eigenvalue weighted by Gasteiger charge is 2.19. The van der Waals surface area contributed by atoms with Crippen molar-refractivity contribution >= 4 is 17.9 Å². The molecule has 0 spiro atoms. The van der Waals surface area contributed by atoms with Crippen LogP contribution in [-0.4, -0.2) is 37.2 Å². The molecule has 6 heteroatoms. The van der Waals surface area contributed by atoms with Crippen LogP contribution in [0.3, 0.4) is 0 Å². The molecule has 0 aliphatic carbocycles. The first-order valence-electron chi connectivity index (χ1n) is 33.3. The third kappa shape index (κ3) is 60.8. The van der Waals surface area contributed by atoms with E-state index < -0.39 is 6.10 Å². The summed E-state index contributed by atoms with van der Waals surface area (Å²) >= 11 is 0. The van der Waals surface area contributed by atoms with Gasteiger partial charge in [-0.3, -0.25) is 14.4 Å². The third-order valence-electron chi connectivity index (χ3n) is 15.2. The number of carbonyl (C=O) groups excluding carboxylic acids is 3. The minimum atomic E-state index is -0.773. The number of esters is 3. The van der Waals surface area contributed by atoms with Crippen LogP contribution in [0, 0.1) is 0 Å². The number of ether oxygens (including phenoxy) is 3. The van der Waals surface area contributed by atoms with Crippen LogP contribution in [0.25, 0.3) is 0 Å². The van der Waals surface area contributed by atoms with Crippen molar-refractivity contribution in [3.63, 3.8) is 0 Å². The second-order valence-corrected chi connectivity index (χ2v) is 22.7. The van der Waals surface area contributed by atoms with Crippen LogP contribution >= 0.6 is 0 Å². The molecule has 0 N–H and O–H groups in total. The first kappa shape index (κ1) is 71.9. The van der Waals surface area contributed by atoms with Gasteiger partial charge >= 0.3 is 17.9 Å². The Balaban J connectivity index is 3.99. The van der Waals surface area contributed by atoms with E-state index in [1.807, 2.05) is 0 Å². The average Bonchev–Trinajstić information content (AvgIpc) is 3.40. The van der Waals surface area contributed by atoms with Gasteiger partial charge in [-0.1, -0.05) is 328 Å². The molecule has 6 nitrogen and oxygen atoms in total. The van der Waals surface area contributed by atoms with Crippen molar-refractivity contribution in [1.82, 2.24) is 0 Å². The molecule has 0 aromatic heterocycles. The number of hydrogen-bond acceptors (Lipinski definition) is 6. The highest BCUT2D eigenvalue weighted by atomic mass is 16.6. The van der Waals surface area contributed by atoms with Crippen LogP contribution in [0.2, 0.25) is 0 Å². The van der Waals surface area contributed by atoms with Crippen molar-refractivity contribution in [1.29, 1.82) is 0 Å². The molecule has 0 aromatic rings. The largest absolute Gasteiger partial charge is 0.462 e. The van der Waals surface area contributed by atoms with Crippen LogP contribution in [0.15, 0.2) is 24.3 Å². The lowest BCUT2D eigenvalue weighted by Gasteiger charge is -2.18. The zero-order valence-corrected chi connectivity index (χ0v) is 50.1. The van der Waals surface area contributed by atoms with Gasteiger partial charge in [0, 0.05) is 19.3 Å². The van der Waals surface area contributed by atoms with Gasteiger partial charge in [-0.15, -0.1) is 0 Å². The predicted molar refractivity (Wildman–Crippen MR) is 321 cm³/mol. The fourth-order valence-corrected chi connectivity index (χ4v) is 10.2. The molecule has 0 aliphatic rings. The number of hydrogen-bond donors (Lipinski definition) is 0. The standard InChI is InChI=1S/C68H128O6/c1-4-7-10-13-16-19-21-23-25-27-28-29-30-31-32-33-34-35-36-37-38-39-40-41-42-44-45-47-49-52-55-58-61-67(70)73-64-65(63-72-66(69)60-57-54-51-18-15-12-9-6-3)74-68(71)62-59-56-53-50-48-46-43-26-24-22-20-17-14-11-8-5-2/h20,22,26,43,65H,4-19,21,23-25,27-42,44-64H2,1-3H3/b22-20-,43-26-. The number of unbranched alkanes of at least 4 members (excludes halogenated alkanes) is 47. The normalized spacial score (nSPS) is 12.1. The minimum absolute atomic E-state index is 0.0719. The average molecular weight is 1040 g/mol. The summed E-state index contributed by atoms with van der Waals surface area (Å²) in [5, 5.41) is 0. The second kappa shape index (κ2) is 63.4. The fraction of sp³-hybridized carbons (Fsp3) is 0.897. The van der Waals surface area contributed by atoms with E-state index in [-0.39, 0.29) is 31.1 Å². The maximum absolute atomic E-state index is 12.8. The van der Waals surface area contributed by atoms with Crippen LogP contribution < -0.4 is 0 Å². The monoisotopic (exact) mass is 1040 g/mol. The van der Waals surface area contributed by atoms with E-state index in [9.17, 15) is 14.4 Å². The zero-order chi connectivity index (χ0) is 53.6. The molecular formula is C68H128O6. The summed E-state index contributed by atoms with van der Waals surface area (Å²) < 4.78 is 16.8. The Bertz CT molecular complexity index is 1190. The van der Waals surface area contributed by atoms with Gasteiger partial charge in [0.1, 0.15) is 13.2 Å². The van der Waals surface area contributed by atoms with Gasteiger partial charge in [-0.25, -0.2) is 0 Å². The summed E-state index contributed by atoms with van der Waals surface area (Å²) in [6.07, 6.45) is 76.6. The first-order valence-corrected chi connectivity index (χ1v) is 33.3. The van der Waals surface area contributed by atoms with Gasteiger partial charge in [-0.05, 0) is 51.4 Å². The minimum Gasteiger partial charge on any atom is -0.462 e. The molecule has 0 amide bonds. The molecule has 0 heterocycles. The van der Waals surface area contributed by atoms with Gasteiger partial charge < -0.3 is 14.2 Å². The highest BCUT2D eigenvalue weighted by molar-refractivity contribution is 5.71. The Kier molecular flexibility index (Phi) is 61.6. The fourth-order valence-electron chi connectivity index (χ4n) is 10.2. The molecule has 0 bridgehead atoms. The molecule has 0 aromatic carbocycles. The van der Waals surface area contributed by atoms with Crippen molar-refractivity contribution in [3.05, 3.63) is 24.3 Å². The molecule has 0 radical (unpaired) electrons. The predicted octanol–water partition coefficient (Wildman–Crippen LogP) is 22.6. The molecule has 1 atom stereocenters. The number of allylic oxidation sites excluding steroid dienone is 4. The van der Waals surface area contributed by atoms with Crippen LogP contribution in [0.5, 0.6) is 0 Å². The first-order chi connectivity index (χ1) is 36.5. The lowest BCUT2D eigenvalue weighted by Crippen LogP contribution is -2.30. The summed E-state index contributed by atoms with van der Waals surface area (Å²) in [5.74, 6) is -0.868. The van der Waals surface area contributed by atoms with Crippen molar-refractivity contribution in [2.24, 2.45) is 0 Å². The molecule has 0 fully saturated rings. The lowest BCUT2D eigenvalue weighted by molar-refractivity contribution is -0.167. The van der Waals surface area contributed by atoms with Crippen LogP contribution in [0.1, 0.15) is 374 Å². The summed E-state index contributed by atoms with van der Waals surface area (Å²) in [7, 11) is 0. The van der Waals surface area contributed by atoms with Crippen LogP contribution in [0.4, 0.5) is 0 Å². The molecular weight excluding hydrogens is 913 g/mol. The topological polar surface area (TPSA) is 78.9 Å². The summed E-state index contributed by atoms with van der Waals surface area (Å²) in [6, 6.07) is 0. The van der Waals surface area contributed by atoms with Crippen molar-refractivity contribution in [3.8, 4) is 0 Å². The molecule has 1 unspecified atom stereocenters. The SMILES string of the molecule is CCCCCC/C=C\C/C=C\CCCCCCCC(=O)OC(COC(=O)CCCCCCCCCC)COC(=O)CCCCCCCCCCCCCCCCCCCCCCCCCCCCCCCCCC. The molecule has 436 valence electrons. The highest BCUT2D eigenvalue weighted by Crippen LogP contribution is 2.18. The quantitative estimate of drug-likeness (QED) is 0.0261. The van der Waals surface area contributed by atoms with Gasteiger partial charge in [0.05, 0.1) is 0 Å². The number of rotatable bonds is 62. The van der Waals surface area contributed by atoms with Gasteiger partial charge in [0.25, 0.3) is 0 Å². The molecule has 0 aliphatic heterocycles. The maximum atomic E-state index is 12.8. The second-order valence-electron chi connectivity index (χ2n) is 22.7. The Morgan fingerprint density at radius 3 is 0.757 bits per heavy atom. The Labute approximate surface area is 462 Å². The molecule has 74 heavy (non-hydrogen) atoms. The summed E-state index contributed by atoms with van der Waals surface area (Å²) in [6.45, 7) is 6.64. The zero-order valence-electron chi connectivity index (χ0n) is 50.1. The smallest absolute Gasteiger partial charge is 0.306 e. The molecule has 0 rings (SSSR count). The lowest BCUT2D eigenvalue weighted by atomic mass is 10.0. The van der Waals surface area contributed by atoms with Gasteiger partial charge in [0.15, 0.2) is 6.10 Å². The Morgan fingerprint density at radius 2 is 0.486 bits per heavy atom. The van der Waals surface area contributed by atoms with E-state index in [0.29, 0.717) is 19.3 Å². The van der Waals surface area contributed by atoms with E-state index in [2.05, 4.69) is 45.1 Å².